The molecule has 3 aromatic rings. The van der Waals surface area contributed by atoms with Gasteiger partial charge in [0.2, 0.25) is 5.90 Å². The Hall–Kier alpha value is -3.69. The van der Waals surface area contributed by atoms with Gasteiger partial charge in [-0.2, -0.15) is 9.98 Å². The normalized spacial score (nSPS) is 12.2. The van der Waals surface area contributed by atoms with Gasteiger partial charge in [0.25, 0.3) is 0 Å². The van der Waals surface area contributed by atoms with Crippen LogP contribution in [-0.2, 0) is 11.3 Å². The van der Waals surface area contributed by atoms with E-state index >= 15 is 0 Å². The third kappa shape index (κ3) is 5.71. The number of nitrogens with two attached hydrogens (primary N) is 2. The summed E-state index contributed by atoms with van der Waals surface area (Å²) in [5.74, 6) is 0.0178. The highest BCUT2D eigenvalue weighted by Crippen LogP contribution is 2.22. The van der Waals surface area contributed by atoms with Crippen molar-refractivity contribution in [1.29, 1.82) is 0 Å². The average molecular weight is 439 g/mol. The molecule has 32 heavy (non-hydrogen) atoms. The Morgan fingerprint density at radius 3 is 2.81 bits per heavy atom. The van der Waals surface area contributed by atoms with Crippen LogP contribution >= 0.6 is 0 Å². The number of methoxy groups -OCH3 is 1. The second-order valence-corrected chi connectivity index (χ2v) is 6.89. The molecule has 9 heteroatoms. The number of ether oxygens (including phenoxy) is 1. The van der Waals surface area contributed by atoms with Gasteiger partial charge in [0.05, 0.1) is 12.7 Å². The molecule has 0 saturated carbocycles. The summed E-state index contributed by atoms with van der Waals surface area (Å²) in [7, 11) is 1.45. The minimum absolute atomic E-state index is 0.161. The minimum Gasteiger partial charge on any atom is -0.480 e. The second kappa shape index (κ2) is 11.1. The number of hydrogen-bond acceptors (Lipinski definition) is 8. The van der Waals surface area contributed by atoms with Crippen LogP contribution in [0.1, 0.15) is 17.5 Å². The Morgan fingerprint density at radius 1 is 1.31 bits per heavy atom. The van der Waals surface area contributed by atoms with Crippen molar-refractivity contribution in [3.63, 3.8) is 0 Å². The van der Waals surface area contributed by atoms with Crippen LogP contribution in [0.4, 0.5) is 10.4 Å². The van der Waals surface area contributed by atoms with Gasteiger partial charge in [-0.15, -0.1) is 0 Å². The van der Waals surface area contributed by atoms with E-state index in [1.165, 1.54) is 19.4 Å². The average Bonchev–Trinajstić information content (AvgIpc) is 3.19. The molecule has 0 fully saturated rings. The summed E-state index contributed by atoms with van der Waals surface area (Å²) in [6, 6.07) is 12.4. The number of fused-ring (bicyclic) bond motifs is 1. The first-order valence-corrected chi connectivity index (χ1v) is 10.1. The van der Waals surface area contributed by atoms with Crippen molar-refractivity contribution in [2.45, 2.75) is 13.0 Å². The van der Waals surface area contributed by atoms with Crippen molar-refractivity contribution in [2.24, 2.45) is 16.5 Å². The highest BCUT2D eigenvalue weighted by atomic mass is 19.1. The zero-order chi connectivity index (χ0) is 22.9. The summed E-state index contributed by atoms with van der Waals surface area (Å²) in [5, 5.41) is 6.04. The van der Waals surface area contributed by atoms with Gasteiger partial charge >= 0.3 is 6.01 Å². The Bertz CT molecular complexity index is 1110. The van der Waals surface area contributed by atoms with Gasteiger partial charge in [0.1, 0.15) is 17.2 Å². The van der Waals surface area contributed by atoms with Crippen molar-refractivity contribution in [3.05, 3.63) is 78.0 Å². The van der Waals surface area contributed by atoms with E-state index in [1.807, 2.05) is 18.2 Å². The molecule has 0 aliphatic rings. The Balaban J connectivity index is 1.74. The number of halogens is 1. The number of rotatable bonds is 10. The number of nitrogens with one attached hydrogen (secondary N) is 2. The topological polar surface area (TPSA) is 124 Å². The molecule has 0 amide bonds. The number of benzene rings is 2. The Kier molecular flexibility index (Phi) is 7.96. The summed E-state index contributed by atoms with van der Waals surface area (Å²) in [6.07, 6.45) is 2.14. The molecular weight excluding hydrogens is 411 g/mol. The fraction of sp³-hybridized carbons (Fsp3) is 0.217. The molecule has 2 aromatic carbocycles. The highest BCUT2D eigenvalue weighted by molar-refractivity contribution is 6.19. The van der Waals surface area contributed by atoms with E-state index in [-0.39, 0.29) is 23.6 Å². The number of anilines is 1. The number of para-hydroxylation sites is 2. The van der Waals surface area contributed by atoms with E-state index < -0.39 is 0 Å². The van der Waals surface area contributed by atoms with Gasteiger partial charge in [0, 0.05) is 18.3 Å². The first-order chi connectivity index (χ1) is 15.5. The predicted molar refractivity (Wildman–Crippen MR) is 125 cm³/mol. The summed E-state index contributed by atoms with van der Waals surface area (Å²) in [4.78, 5) is 8.64. The van der Waals surface area contributed by atoms with Gasteiger partial charge < -0.3 is 25.9 Å². The summed E-state index contributed by atoms with van der Waals surface area (Å²) < 4.78 is 25.6. The van der Waals surface area contributed by atoms with Crippen molar-refractivity contribution >= 4 is 28.6 Å². The SMILES string of the molecule is C=C(N=C(OC)/C(=C\N)c1ccc(CNCCCN)c(F)c1)Nc1nc2ccccc2o1. The predicted octanol–water partition coefficient (Wildman–Crippen LogP) is 3.33. The summed E-state index contributed by atoms with van der Waals surface area (Å²) >= 11 is 0. The summed E-state index contributed by atoms with van der Waals surface area (Å²) in [5.41, 5.74) is 14.1. The Labute approximate surface area is 185 Å². The number of aliphatic imine (C=N–C) groups is 1. The van der Waals surface area contributed by atoms with Crippen molar-refractivity contribution in [1.82, 2.24) is 10.3 Å². The molecule has 1 heterocycles. The zero-order valence-corrected chi connectivity index (χ0v) is 17.9. The van der Waals surface area contributed by atoms with Gasteiger partial charge in [0.15, 0.2) is 5.58 Å². The van der Waals surface area contributed by atoms with E-state index in [0.717, 1.165) is 13.0 Å². The van der Waals surface area contributed by atoms with Gasteiger partial charge in [-0.3, -0.25) is 5.32 Å². The van der Waals surface area contributed by atoms with Crippen LogP contribution in [0.3, 0.4) is 0 Å². The van der Waals surface area contributed by atoms with Crippen LogP contribution < -0.4 is 22.1 Å². The first-order valence-electron chi connectivity index (χ1n) is 10.1. The lowest BCUT2D eigenvalue weighted by atomic mass is 10.0. The van der Waals surface area contributed by atoms with Crippen molar-refractivity contribution < 1.29 is 13.5 Å². The van der Waals surface area contributed by atoms with Crippen LogP contribution in [0.5, 0.6) is 0 Å². The van der Waals surface area contributed by atoms with E-state index in [9.17, 15) is 4.39 Å². The van der Waals surface area contributed by atoms with E-state index in [1.54, 1.807) is 18.2 Å². The lowest BCUT2D eigenvalue weighted by molar-refractivity contribution is 0.408. The van der Waals surface area contributed by atoms with Crippen LogP contribution in [0.25, 0.3) is 16.7 Å². The molecule has 0 bridgehead atoms. The van der Waals surface area contributed by atoms with Crippen LogP contribution in [0.15, 0.2) is 70.5 Å². The fourth-order valence-corrected chi connectivity index (χ4v) is 3.01. The maximum atomic E-state index is 14.6. The molecule has 1 aromatic heterocycles. The number of hydrogen-bond donors (Lipinski definition) is 4. The maximum Gasteiger partial charge on any atom is 0.301 e. The lowest BCUT2D eigenvalue weighted by Crippen LogP contribution is -2.18. The lowest BCUT2D eigenvalue weighted by Gasteiger charge is -2.12. The van der Waals surface area contributed by atoms with Gasteiger partial charge in [-0.1, -0.05) is 30.8 Å². The standard InChI is InChI=1S/C23H27FN6O2/c1-15(29-23-30-20-6-3-4-7-21(20)32-23)28-22(31-2)18(13-26)16-8-9-17(19(24)12-16)14-27-11-5-10-25/h3-4,6-9,12-13,27H,1,5,10-11,14,25-26H2,2H3,(H,29,30)/b18-13-,28-22?. The molecule has 3 rings (SSSR count). The van der Waals surface area contributed by atoms with Crippen LogP contribution in [-0.4, -0.2) is 31.1 Å². The zero-order valence-electron chi connectivity index (χ0n) is 17.9. The quantitative estimate of drug-likeness (QED) is 0.217. The highest BCUT2D eigenvalue weighted by Gasteiger charge is 2.14. The Morgan fingerprint density at radius 2 is 2.12 bits per heavy atom. The van der Waals surface area contributed by atoms with E-state index in [4.69, 9.17) is 20.6 Å². The largest absolute Gasteiger partial charge is 0.480 e. The van der Waals surface area contributed by atoms with Crippen LogP contribution in [0, 0.1) is 5.82 Å². The van der Waals surface area contributed by atoms with E-state index in [0.29, 0.717) is 40.9 Å². The molecule has 0 spiro atoms. The third-order valence-electron chi connectivity index (χ3n) is 4.61. The molecule has 0 atom stereocenters. The molecule has 0 aliphatic carbocycles. The van der Waals surface area contributed by atoms with Crippen LogP contribution in [0.2, 0.25) is 0 Å². The van der Waals surface area contributed by atoms with Crippen molar-refractivity contribution in [2.75, 3.05) is 25.5 Å². The van der Waals surface area contributed by atoms with E-state index in [2.05, 4.69) is 27.2 Å². The number of oxazole rings is 1. The first kappa shape index (κ1) is 23.0. The third-order valence-corrected chi connectivity index (χ3v) is 4.61. The molecular formula is C23H27FN6O2. The van der Waals surface area contributed by atoms with Crippen molar-refractivity contribution in [3.8, 4) is 0 Å². The number of aromatic nitrogens is 1. The fourth-order valence-electron chi connectivity index (χ4n) is 3.01. The summed E-state index contributed by atoms with van der Waals surface area (Å²) in [6.45, 7) is 5.58. The number of nitrogens with zero attached hydrogens (tertiary/aromatic N) is 2. The molecule has 0 saturated heterocycles. The van der Waals surface area contributed by atoms with Gasteiger partial charge in [-0.05, 0) is 43.3 Å². The monoisotopic (exact) mass is 438 g/mol. The minimum atomic E-state index is -0.360. The van der Waals surface area contributed by atoms with Gasteiger partial charge in [-0.25, -0.2) is 4.39 Å². The smallest absolute Gasteiger partial charge is 0.301 e. The second-order valence-electron chi connectivity index (χ2n) is 6.89. The molecule has 8 nitrogen and oxygen atoms in total. The molecule has 0 unspecified atom stereocenters. The molecule has 0 aliphatic heterocycles. The molecule has 6 N–H and O–H groups in total. The molecule has 168 valence electrons. The molecule has 0 radical (unpaired) electrons. The maximum absolute atomic E-state index is 14.6.